The van der Waals surface area contributed by atoms with Gasteiger partial charge in [0, 0.05) is 21.7 Å². The highest BCUT2D eigenvalue weighted by molar-refractivity contribution is 7.08. The Morgan fingerprint density at radius 2 is 2.18 bits per heavy atom. The van der Waals surface area contributed by atoms with Gasteiger partial charge in [-0.2, -0.15) is 16.4 Å². The van der Waals surface area contributed by atoms with Crippen LogP contribution >= 0.6 is 22.9 Å². The van der Waals surface area contributed by atoms with Gasteiger partial charge in [0.2, 0.25) is 0 Å². The minimum atomic E-state index is -0.344. The van der Waals surface area contributed by atoms with Gasteiger partial charge in [0.05, 0.1) is 11.4 Å². The lowest BCUT2D eigenvalue weighted by Gasteiger charge is -2.08. The number of hydrogen-bond acceptors (Lipinski definition) is 3. The van der Waals surface area contributed by atoms with E-state index < -0.39 is 0 Å². The van der Waals surface area contributed by atoms with Crippen molar-refractivity contribution in [3.63, 3.8) is 0 Å². The maximum Gasteiger partial charge on any atom is 0.323 e. The molecule has 22 heavy (non-hydrogen) atoms. The molecule has 0 unspecified atom stereocenters. The molecule has 0 aliphatic heterocycles. The van der Waals surface area contributed by atoms with E-state index in [4.69, 9.17) is 11.6 Å². The van der Waals surface area contributed by atoms with Crippen LogP contribution in [-0.2, 0) is 0 Å². The van der Waals surface area contributed by atoms with E-state index in [1.807, 2.05) is 23.8 Å². The largest absolute Gasteiger partial charge is 0.323 e. The number of benzene rings is 1. The molecule has 2 heterocycles. The van der Waals surface area contributed by atoms with Crippen molar-refractivity contribution >= 4 is 40.3 Å². The molecular formula is C15H13ClN4OS. The van der Waals surface area contributed by atoms with Crippen LogP contribution in [0.5, 0.6) is 0 Å². The van der Waals surface area contributed by atoms with E-state index in [1.54, 1.807) is 35.6 Å². The molecular weight excluding hydrogens is 320 g/mol. The van der Waals surface area contributed by atoms with Gasteiger partial charge in [-0.25, -0.2) is 4.79 Å². The van der Waals surface area contributed by atoms with Crippen LogP contribution < -0.4 is 10.6 Å². The fourth-order valence-corrected chi connectivity index (χ4v) is 2.86. The summed E-state index contributed by atoms with van der Waals surface area (Å²) < 4.78 is 0. The van der Waals surface area contributed by atoms with Crippen LogP contribution in [0, 0.1) is 6.92 Å². The van der Waals surface area contributed by atoms with Crippen LogP contribution in [0.1, 0.15) is 5.69 Å². The topological polar surface area (TPSA) is 69.8 Å². The van der Waals surface area contributed by atoms with Gasteiger partial charge in [-0.15, -0.1) is 0 Å². The van der Waals surface area contributed by atoms with Gasteiger partial charge in [0.15, 0.2) is 0 Å². The van der Waals surface area contributed by atoms with Crippen molar-refractivity contribution in [2.75, 3.05) is 10.6 Å². The number of amides is 2. The molecule has 0 saturated carbocycles. The van der Waals surface area contributed by atoms with Crippen molar-refractivity contribution in [2.24, 2.45) is 0 Å². The zero-order valence-corrected chi connectivity index (χ0v) is 13.3. The molecule has 3 aromatic rings. The highest BCUT2D eigenvalue weighted by atomic mass is 35.5. The van der Waals surface area contributed by atoms with E-state index in [0.717, 1.165) is 17.0 Å². The van der Waals surface area contributed by atoms with Gasteiger partial charge in [0.25, 0.3) is 0 Å². The Balaban J connectivity index is 1.79. The smallest absolute Gasteiger partial charge is 0.308 e. The van der Waals surface area contributed by atoms with E-state index in [-0.39, 0.29) is 6.03 Å². The van der Waals surface area contributed by atoms with Gasteiger partial charge in [-0.3, -0.25) is 5.10 Å². The molecule has 3 N–H and O–H groups in total. The first-order valence-corrected chi connectivity index (χ1v) is 7.86. The third kappa shape index (κ3) is 3.13. The Hall–Kier alpha value is -2.31. The number of H-pyrrole nitrogens is 1. The SMILES string of the molecule is Cc1[nH]nc(-c2ccsc2)c1NC(=O)Nc1cccc(Cl)c1. The summed E-state index contributed by atoms with van der Waals surface area (Å²) >= 11 is 7.48. The van der Waals surface area contributed by atoms with Crippen molar-refractivity contribution in [3.05, 3.63) is 51.8 Å². The molecule has 7 heteroatoms. The third-order valence-corrected chi connectivity index (χ3v) is 3.98. The number of halogens is 1. The molecule has 0 saturated heterocycles. The number of urea groups is 1. The third-order valence-electron chi connectivity index (χ3n) is 3.06. The number of carbonyl (C=O) groups excluding carboxylic acids is 1. The van der Waals surface area contributed by atoms with E-state index in [9.17, 15) is 4.79 Å². The maximum atomic E-state index is 12.2. The summed E-state index contributed by atoms with van der Waals surface area (Å²) in [7, 11) is 0. The second-order valence-corrected chi connectivity index (χ2v) is 5.89. The monoisotopic (exact) mass is 332 g/mol. The second kappa shape index (κ2) is 6.21. The van der Waals surface area contributed by atoms with E-state index in [2.05, 4.69) is 20.8 Å². The predicted octanol–water partition coefficient (Wildman–Crippen LogP) is 4.74. The standard InChI is InChI=1S/C15H13ClN4OS/c1-9-13(14(20-19-9)10-5-6-22-8-10)18-15(21)17-12-4-2-3-11(16)7-12/h2-8H,1H3,(H,19,20)(H2,17,18,21). The van der Waals surface area contributed by atoms with Crippen molar-refractivity contribution in [1.29, 1.82) is 0 Å². The number of anilines is 2. The molecule has 2 amide bonds. The van der Waals surface area contributed by atoms with E-state index in [1.165, 1.54) is 0 Å². The normalized spacial score (nSPS) is 10.5. The number of nitrogens with one attached hydrogen (secondary N) is 3. The van der Waals surface area contributed by atoms with Crippen LogP contribution in [0.4, 0.5) is 16.2 Å². The first-order valence-electron chi connectivity index (χ1n) is 6.54. The Morgan fingerprint density at radius 1 is 1.32 bits per heavy atom. The number of hydrogen-bond donors (Lipinski definition) is 3. The van der Waals surface area contributed by atoms with Crippen LogP contribution in [0.2, 0.25) is 5.02 Å². The van der Waals surface area contributed by atoms with Crippen LogP contribution in [0.3, 0.4) is 0 Å². The van der Waals surface area contributed by atoms with Gasteiger partial charge >= 0.3 is 6.03 Å². The number of aryl methyl sites for hydroxylation is 1. The Labute approximate surface area is 136 Å². The molecule has 0 bridgehead atoms. The number of aromatic nitrogens is 2. The van der Waals surface area contributed by atoms with Crippen molar-refractivity contribution in [3.8, 4) is 11.3 Å². The minimum absolute atomic E-state index is 0.344. The average Bonchev–Trinajstić information content (AvgIpc) is 3.10. The molecule has 0 fully saturated rings. The highest BCUT2D eigenvalue weighted by Gasteiger charge is 2.15. The molecule has 0 aliphatic carbocycles. The minimum Gasteiger partial charge on any atom is -0.308 e. The van der Waals surface area contributed by atoms with Crippen LogP contribution in [-0.4, -0.2) is 16.2 Å². The lowest BCUT2D eigenvalue weighted by molar-refractivity contribution is 0.262. The summed E-state index contributed by atoms with van der Waals surface area (Å²) in [6.45, 7) is 1.86. The molecule has 1 aromatic carbocycles. The molecule has 0 atom stereocenters. The summed E-state index contributed by atoms with van der Waals surface area (Å²) in [4.78, 5) is 12.2. The molecule has 112 valence electrons. The van der Waals surface area contributed by atoms with Crippen LogP contribution in [0.25, 0.3) is 11.3 Å². The van der Waals surface area contributed by atoms with Crippen molar-refractivity contribution in [2.45, 2.75) is 6.92 Å². The van der Waals surface area contributed by atoms with E-state index >= 15 is 0 Å². The number of carbonyl (C=O) groups is 1. The van der Waals surface area contributed by atoms with Gasteiger partial charge in [-0.1, -0.05) is 17.7 Å². The molecule has 3 rings (SSSR count). The fraction of sp³-hybridized carbons (Fsp3) is 0.0667. The molecule has 0 radical (unpaired) electrons. The summed E-state index contributed by atoms with van der Waals surface area (Å²) in [5, 5.41) is 17.2. The van der Waals surface area contributed by atoms with E-state index in [0.29, 0.717) is 16.4 Å². The lowest BCUT2D eigenvalue weighted by Crippen LogP contribution is -2.20. The van der Waals surface area contributed by atoms with Crippen LogP contribution in [0.15, 0.2) is 41.1 Å². The average molecular weight is 333 g/mol. The number of aromatic amines is 1. The Morgan fingerprint density at radius 3 is 2.91 bits per heavy atom. The molecule has 5 nitrogen and oxygen atoms in total. The highest BCUT2D eigenvalue weighted by Crippen LogP contribution is 2.30. The maximum absolute atomic E-state index is 12.2. The van der Waals surface area contributed by atoms with Crippen molar-refractivity contribution < 1.29 is 4.79 Å². The fourth-order valence-electron chi connectivity index (χ4n) is 2.03. The quantitative estimate of drug-likeness (QED) is 0.648. The Bertz CT molecular complexity index is 798. The summed E-state index contributed by atoms with van der Waals surface area (Å²) in [6.07, 6.45) is 0. The first-order chi connectivity index (χ1) is 10.6. The zero-order chi connectivity index (χ0) is 15.5. The molecule has 0 aliphatic rings. The summed E-state index contributed by atoms with van der Waals surface area (Å²) in [5.41, 5.74) is 3.77. The first kappa shape index (κ1) is 14.6. The molecule has 2 aromatic heterocycles. The zero-order valence-electron chi connectivity index (χ0n) is 11.7. The van der Waals surface area contributed by atoms with Crippen molar-refractivity contribution in [1.82, 2.24) is 10.2 Å². The summed E-state index contributed by atoms with van der Waals surface area (Å²) in [6, 6.07) is 8.59. The summed E-state index contributed by atoms with van der Waals surface area (Å²) in [5.74, 6) is 0. The predicted molar refractivity (Wildman–Crippen MR) is 90.7 cm³/mol. The van der Waals surface area contributed by atoms with Gasteiger partial charge in [0.1, 0.15) is 5.69 Å². The van der Waals surface area contributed by atoms with Gasteiger partial charge in [-0.05, 0) is 36.6 Å². The molecule has 0 spiro atoms. The lowest BCUT2D eigenvalue weighted by atomic mass is 10.2. The number of thiophene rings is 1. The van der Waals surface area contributed by atoms with Gasteiger partial charge < -0.3 is 10.6 Å². The second-order valence-electron chi connectivity index (χ2n) is 4.67. The number of rotatable bonds is 3. The Kier molecular flexibility index (Phi) is 4.13. The number of nitrogens with zero attached hydrogens (tertiary/aromatic N) is 1.